The summed E-state index contributed by atoms with van der Waals surface area (Å²) in [6.07, 6.45) is 1.08. The molecule has 0 heterocycles. The number of benzene rings is 1. The van der Waals surface area contributed by atoms with E-state index in [1.54, 1.807) is 7.11 Å². The lowest BCUT2D eigenvalue weighted by Crippen LogP contribution is -2.41. The van der Waals surface area contributed by atoms with Crippen LogP contribution in [0.1, 0.15) is 31.9 Å². The third-order valence-electron chi connectivity index (χ3n) is 3.66. The Kier molecular flexibility index (Phi) is 8.07. The minimum absolute atomic E-state index is 0.175. The number of nitrogens with two attached hydrogens (primary N) is 1. The van der Waals surface area contributed by atoms with Crippen molar-refractivity contribution in [3.05, 3.63) is 33.3 Å². The number of methoxy groups -OCH3 is 1. The smallest absolute Gasteiger partial charge is 0.0590 e. The Labute approximate surface area is 135 Å². The third-order valence-corrected chi connectivity index (χ3v) is 4.88. The van der Waals surface area contributed by atoms with Crippen molar-refractivity contribution < 1.29 is 4.74 Å². The zero-order chi connectivity index (χ0) is 15.1. The zero-order valence-corrected chi connectivity index (χ0v) is 14.7. The molecule has 5 heteroatoms. The quantitative estimate of drug-likeness (QED) is 0.762. The van der Waals surface area contributed by atoms with Gasteiger partial charge in [0.1, 0.15) is 0 Å². The SMILES string of the molecule is CCC(C)N(CCOC)C(CN)c1ccc(Cl)c(Br)c1. The van der Waals surface area contributed by atoms with Crippen LogP contribution in [0.25, 0.3) is 0 Å². The molecule has 0 radical (unpaired) electrons. The molecule has 2 unspecified atom stereocenters. The summed E-state index contributed by atoms with van der Waals surface area (Å²) in [5, 5.41) is 0.719. The van der Waals surface area contributed by atoms with Gasteiger partial charge in [-0.25, -0.2) is 0 Å². The summed E-state index contributed by atoms with van der Waals surface area (Å²) in [6, 6.07) is 6.64. The summed E-state index contributed by atoms with van der Waals surface area (Å²) in [4.78, 5) is 2.40. The first-order valence-electron chi connectivity index (χ1n) is 6.94. The number of hydrogen-bond acceptors (Lipinski definition) is 3. The molecule has 1 rings (SSSR count). The fourth-order valence-corrected chi connectivity index (χ4v) is 2.81. The molecule has 0 spiro atoms. The van der Waals surface area contributed by atoms with Gasteiger partial charge in [-0.2, -0.15) is 0 Å². The normalized spacial score (nSPS) is 14.6. The lowest BCUT2D eigenvalue weighted by atomic mass is 10.0. The average molecular weight is 364 g/mol. The second-order valence-corrected chi connectivity index (χ2v) is 6.17. The molecule has 2 N–H and O–H groups in total. The highest BCUT2D eigenvalue weighted by molar-refractivity contribution is 9.10. The Bertz CT molecular complexity index is 417. The molecular formula is C15H24BrClN2O. The monoisotopic (exact) mass is 362 g/mol. The van der Waals surface area contributed by atoms with Gasteiger partial charge < -0.3 is 10.5 Å². The molecule has 0 aromatic heterocycles. The van der Waals surface area contributed by atoms with Crippen LogP contribution in [0.3, 0.4) is 0 Å². The van der Waals surface area contributed by atoms with E-state index in [1.807, 2.05) is 12.1 Å². The second kappa shape index (κ2) is 9.00. The molecular weight excluding hydrogens is 340 g/mol. The van der Waals surface area contributed by atoms with E-state index in [-0.39, 0.29) is 6.04 Å². The molecule has 114 valence electrons. The van der Waals surface area contributed by atoms with E-state index in [9.17, 15) is 0 Å². The summed E-state index contributed by atoms with van der Waals surface area (Å²) in [6.45, 7) is 6.56. The Hall–Kier alpha value is -0.130. The van der Waals surface area contributed by atoms with Crippen molar-refractivity contribution in [1.29, 1.82) is 0 Å². The maximum atomic E-state index is 6.07. The van der Waals surface area contributed by atoms with Crippen molar-refractivity contribution in [3.63, 3.8) is 0 Å². The summed E-state index contributed by atoms with van der Waals surface area (Å²) in [7, 11) is 1.73. The van der Waals surface area contributed by atoms with Gasteiger partial charge in [-0.15, -0.1) is 0 Å². The van der Waals surface area contributed by atoms with Crippen molar-refractivity contribution in [2.45, 2.75) is 32.4 Å². The highest BCUT2D eigenvalue weighted by atomic mass is 79.9. The van der Waals surface area contributed by atoms with Crippen molar-refractivity contribution in [1.82, 2.24) is 4.90 Å². The number of ether oxygens (including phenoxy) is 1. The van der Waals surface area contributed by atoms with Gasteiger partial charge in [0, 0.05) is 36.8 Å². The number of hydrogen-bond donors (Lipinski definition) is 1. The third kappa shape index (κ3) is 4.71. The standard InChI is InChI=1S/C15H24BrClN2O/c1-4-11(2)19(7-8-20-3)15(10-18)12-5-6-14(17)13(16)9-12/h5-6,9,11,15H,4,7-8,10,18H2,1-3H3. The van der Waals surface area contributed by atoms with Crippen LogP contribution in [0.15, 0.2) is 22.7 Å². The van der Waals surface area contributed by atoms with Crippen molar-refractivity contribution in [3.8, 4) is 0 Å². The van der Waals surface area contributed by atoms with Gasteiger partial charge in [0.05, 0.1) is 11.6 Å². The van der Waals surface area contributed by atoms with Crippen LogP contribution >= 0.6 is 27.5 Å². The van der Waals surface area contributed by atoms with Gasteiger partial charge in [-0.1, -0.05) is 24.6 Å². The van der Waals surface area contributed by atoms with Crippen molar-refractivity contribution in [2.24, 2.45) is 5.73 Å². The summed E-state index contributed by atoms with van der Waals surface area (Å²) in [5.41, 5.74) is 7.21. The maximum Gasteiger partial charge on any atom is 0.0590 e. The first-order valence-corrected chi connectivity index (χ1v) is 8.11. The molecule has 0 aliphatic heterocycles. The van der Waals surface area contributed by atoms with Gasteiger partial charge in [-0.3, -0.25) is 4.90 Å². The molecule has 0 saturated carbocycles. The van der Waals surface area contributed by atoms with E-state index in [0.717, 1.165) is 22.5 Å². The minimum Gasteiger partial charge on any atom is -0.383 e. The molecule has 0 aliphatic carbocycles. The van der Waals surface area contributed by atoms with Gasteiger partial charge in [-0.05, 0) is 47.0 Å². The molecule has 0 saturated heterocycles. The lowest BCUT2D eigenvalue weighted by molar-refractivity contribution is 0.0902. The number of halogens is 2. The molecule has 0 bridgehead atoms. The van der Waals surface area contributed by atoms with Crippen LogP contribution in [0.2, 0.25) is 5.02 Å². The van der Waals surface area contributed by atoms with Crippen LogP contribution in [0.4, 0.5) is 0 Å². The molecule has 1 aromatic carbocycles. The van der Waals surface area contributed by atoms with E-state index in [2.05, 4.69) is 40.7 Å². The molecule has 20 heavy (non-hydrogen) atoms. The molecule has 2 atom stereocenters. The van der Waals surface area contributed by atoms with E-state index in [1.165, 1.54) is 5.56 Å². The van der Waals surface area contributed by atoms with Crippen LogP contribution in [0.5, 0.6) is 0 Å². The molecule has 0 amide bonds. The van der Waals surface area contributed by atoms with Gasteiger partial charge in [0.25, 0.3) is 0 Å². The predicted molar refractivity (Wildman–Crippen MR) is 89.3 cm³/mol. The van der Waals surface area contributed by atoms with Crippen molar-refractivity contribution in [2.75, 3.05) is 26.8 Å². The minimum atomic E-state index is 0.175. The van der Waals surface area contributed by atoms with Crippen LogP contribution in [0, 0.1) is 0 Å². The molecule has 0 aliphatic rings. The maximum absolute atomic E-state index is 6.07. The van der Waals surface area contributed by atoms with Gasteiger partial charge in [0.15, 0.2) is 0 Å². The number of rotatable bonds is 8. The predicted octanol–water partition coefficient (Wildman–Crippen LogP) is 3.85. The topological polar surface area (TPSA) is 38.5 Å². The fraction of sp³-hybridized carbons (Fsp3) is 0.600. The van der Waals surface area contributed by atoms with E-state index >= 15 is 0 Å². The Morgan fingerprint density at radius 2 is 2.15 bits per heavy atom. The van der Waals surface area contributed by atoms with Crippen LogP contribution < -0.4 is 5.73 Å². The Morgan fingerprint density at radius 1 is 1.45 bits per heavy atom. The highest BCUT2D eigenvalue weighted by Gasteiger charge is 2.23. The number of nitrogens with zero attached hydrogens (tertiary/aromatic N) is 1. The van der Waals surface area contributed by atoms with E-state index in [0.29, 0.717) is 19.2 Å². The van der Waals surface area contributed by atoms with Gasteiger partial charge in [0.2, 0.25) is 0 Å². The van der Waals surface area contributed by atoms with Crippen LogP contribution in [-0.2, 0) is 4.74 Å². The Morgan fingerprint density at radius 3 is 2.65 bits per heavy atom. The average Bonchev–Trinajstić information content (AvgIpc) is 2.46. The van der Waals surface area contributed by atoms with Gasteiger partial charge >= 0.3 is 0 Å². The largest absolute Gasteiger partial charge is 0.383 e. The van der Waals surface area contributed by atoms with Crippen LogP contribution in [-0.4, -0.2) is 37.7 Å². The fourth-order valence-electron chi connectivity index (χ4n) is 2.30. The van der Waals surface area contributed by atoms with E-state index in [4.69, 9.17) is 22.1 Å². The summed E-state index contributed by atoms with van der Waals surface area (Å²) in [5.74, 6) is 0. The molecule has 0 fully saturated rings. The second-order valence-electron chi connectivity index (χ2n) is 4.91. The molecule has 3 nitrogen and oxygen atoms in total. The summed E-state index contributed by atoms with van der Waals surface area (Å²) < 4.78 is 6.14. The van der Waals surface area contributed by atoms with Crippen molar-refractivity contribution >= 4 is 27.5 Å². The molecule has 1 aromatic rings. The van der Waals surface area contributed by atoms with E-state index < -0.39 is 0 Å². The zero-order valence-electron chi connectivity index (χ0n) is 12.4. The Balaban J connectivity index is 3.01. The first kappa shape index (κ1) is 17.9. The first-order chi connectivity index (χ1) is 9.54. The highest BCUT2D eigenvalue weighted by Crippen LogP contribution is 2.29. The summed E-state index contributed by atoms with van der Waals surface area (Å²) >= 11 is 9.55. The lowest BCUT2D eigenvalue weighted by Gasteiger charge is -2.36.